The van der Waals surface area contributed by atoms with Crippen LogP contribution in [-0.2, 0) is 27.2 Å². The third-order valence-corrected chi connectivity index (χ3v) is 8.55. The van der Waals surface area contributed by atoms with E-state index < -0.39 is 35.9 Å². The van der Waals surface area contributed by atoms with E-state index in [0.717, 1.165) is 53.3 Å². The van der Waals surface area contributed by atoms with Gasteiger partial charge in [-0.2, -0.15) is 26.3 Å². The minimum Gasteiger partial charge on any atom is -0.506 e. The number of alkyl halides is 6. The lowest BCUT2D eigenvalue weighted by Gasteiger charge is -2.34. The molecule has 0 atom stereocenters. The second-order valence-corrected chi connectivity index (χ2v) is 12.5. The molecule has 1 aliphatic carbocycles. The predicted molar refractivity (Wildman–Crippen MR) is 174 cm³/mol. The number of phenolic OH excluding ortho intramolecular Hbond substituents is 1. The highest BCUT2D eigenvalue weighted by molar-refractivity contribution is 7.16. The Bertz CT molecular complexity index is 1630. The first-order chi connectivity index (χ1) is 24.3. The number of H-pyrrole nitrogens is 1. The number of carboxylic acids is 2. The Morgan fingerprint density at radius 2 is 1.37 bits per heavy atom. The van der Waals surface area contributed by atoms with E-state index in [1.165, 1.54) is 18.6 Å². The molecule has 1 amide bonds. The van der Waals surface area contributed by atoms with Crippen LogP contribution in [0.2, 0.25) is 0 Å². The number of aromatic nitrogens is 1. The number of aromatic amines is 1. The van der Waals surface area contributed by atoms with Gasteiger partial charge in [0.2, 0.25) is 5.91 Å². The smallest absolute Gasteiger partial charge is 0.490 e. The summed E-state index contributed by atoms with van der Waals surface area (Å²) in [6, 6.07) is 7.24. The lowest BCUT2D eigenvalue weighted by atomic mass is 9.94. The van der Waals surface area contributed by atoms with E-state index in [4.69, 9.17) is 19.8 Å². The summed E-state index contributed by atoms with van der Waals surface area (Å²) in [5.41, 5.74) is 2.08. The molecule has 2 aromatic carbocycles. The number of halogens is 8. The monoisotopic (exact) mass is 774 g/mol. The topological polar surface area (TPSA) is 172 Å². The first kappa shape index (κ1) is 43.9. The Kier molecular flexibility index (Phi) is 17.4. The number of aromatic hydroxyl groups is 1. The Labute approximate surface area is 295 Å². The van der Waals surface area contributed by atoms with Crippen molar-refractivity contribution in [2.24, 2.45) is 0 Å². The first-order valence-corrected chi connectivity index (χ1v) is 16.7. The van der Waals surface area contributed by atoms with Crippen LogP contribution in [0, 0.1) is 11.6 Å². The summed E-state index contributed by atoms with van der Waals surface area (Å²) in [6.45, 7) is 3.06. The molecule has 1 fully saturated rings. The number of fused-ring (bicyclic) bond motifs is 1. The second kappa shape index (κ2) is 20.7. The van der Waals surface area contributed by atoms with Crippen molar-refractivity contribution >= 4 is 39.4 Å². The van der Waals surface area contributed by atoms with Crippen molar-refractivity contribution in [1.82, 2.24) is 20.5 Å². The average Bonchev–Trinajstić information content (AvgIpc) is 3.45. The molecule has 4 rings (SSSR count). The van der Waals surface area contributed by atoms with Crippen molar-refractivity contribution in [3.63, 3.8) is 0 Å². The van der Waals surface area contributed by atoms with Crippen LogP contribution in [-0.4, -0.2) is 94.2 Å². The van der Waals surface area contributed by atoms with Crippen LogP contribution in [0.4, 0.5) is 35.1 Å². The van der Waals surface area contributed by atoms with E-state index in [2.05, 4.69) is 15.6 Å². The molecule has 0 unspecified atom stereocenters. The quantitative estimate of drug-likeness (QED) is 0.0989. The van der Waals surface area contributed by atoms with Gasteiger partial charge in [0.25, 0.3) is 0 Å². The molecule has 0 bridgehead atoms. The third kappa shape index (κ3) is 15.5. The highest BCUT2D eigenvalue weighted by Crippen LogP contribution is 2.28. The summed E-state index contributed by atoms with van der Waals surface area (Å²) >= 11 is 1.10. The van der Waals surface area contributed by atoms with Gasteiger partial charge >= 0.3 is 29.2 Å². The van der Waals surface area contributed by atoms with Crippen molar-refractivity contribution in [3.05, 3.63) is 62.8 Å². The molecule has 3 aromatic rings. The molecule has 52 heavy (non-hydrogen) atoms. The summed E-state index contributed by atoms with van der Waals surface area (Å²) < 4.78 is 91.0. The molecular weight excluding hydrogens is 736 g/mol. The van der Waals surface area contributed by atoms with Gasteiger partial charge in [-0.1, -0.05) is 36.7 Å². The molecule has 290 valence electrons. The van der Waals surface area contributed by atoms with Crippen molar-refractivity contribution in [1.29, 1.82) is 0 Å². The number of benzene rings is 2. The van der Waals surface area contributed by atoms with E-state index in [9.17, 15) is 49.8 Å². The molecule has 1 aliphatic rings. The summed E-state index contributed by atoms with van der Waals surface area (Å²) in [6.07, 6.45) is -3.03. The van der Waals surface area contributed by atoms with Gasteiger partial charge in [0.05, 0.1) is 4.70 Å². The fraction of sp³-hybridized carbons (Fsp3) is 0.500. The predicted octanol–water partition coefficient (Wildman–Crippen LogP) is 5.36. The standard InChI is InChI=1S/C28H36F2N4O3S.2C2HF3O2/c29-21-16-19(17-22(30)18-21)8-11-31-13-10-25(36)34(23-4-2-1-3-5-23)15-14-32-12-9-20-6-7-24(35)26-27(20)38-28(37)33-26;2*3-2(4,5)1(6)7/h6-7,16-18,23,31-32,35H,1-5,8-15H2,(H,33,37);2*(H,6,7). The van der Waals surface area contributed by atoms with E-state index in [0.29, 0.717) is 63.1 Å². The molecule has 11 nitrogen and oxygen atoms in total. The molecule has 0 radical (unpaired) electrons. The number of carbonyl (C=O) groups is 3. The molecular formula is C32H38F8N4O7S. The zero-order valence-electron chi connectivity index (χ0n) is 27.5. The summed E-state index contributed by atoms with van der Waals surface area (Å²) in [4.78, 5) is 47.2. The van der Waals surface area contributed by atoms with Crippen molar-refractivity contribution < 1.29 is 64.8 Å². The maximum Gasteiger partial charge on any atom is 0.490 e. The lowest BCUT2D eigenvalue weighted by Crippen LogP contribution is -2.45. The average molecular weight is 775 g/mol. The van der Waals surface area contributed by atoms with Gasteiger partial charge in [0, 0.05) is 38.2 Å². The molecule has 1 heterocycles. The third-order valence-electron chi connectivity index (χ3n) is 7.59. The number of carboxylic acid groups (broad SMARTS) is 2. The summed E-state index contributed by atoms with van der Waals surface area (Å²) in [5.74, 6) is -6.47. The van der Waals surface area contributed by atoms with E-state index in [-0.39, 0.29) is 22.6 Å². The second-order valence-electron chi connectivity index (χ2n) is 11.5. The number of hydrogen-bond donors (Lipinski definition) is 6. The molecule has 0 spiro atoms. The fourth-order valence-electron chi connectivity index (χ4n) is 5.17. The molecule has 0 aliphatic heterocycles. The number of carbonyl (C=O) groups excluding carboxylic acids is 1. The van der Waals surface area contributed by atoms with Gasteiger partial charge in [-0.3, -0.25) is 9.59 Å². The number of nitrogens with one attached hydrogen (secondary N) is 3. The zero-order valence-corrected chi connectivity index (χ0v) is 28.3. The van der Waals surface area contributed by atoms with E-state index in [1.54, 1.807) is 6.07 Å². The van der Waals surface area contributed by atoms with Gasteiger partial charge in [-0.05, 0) is 68.1 Å². The fourth-order valence-corrected chi connectivity index (χ4v) is 6.07. The van der Waals surface area contributed by atoms with E-state index in [1.807, 2.05) is 11.0 Å². The first-order valence-electron chi connectivity index (χ1n) is 15.9. The van der Waals surface area contributed by atoms with Crippen molar-refractivity contribution in [2.45, 2.75) is 69.8 Å². The number of hydrogen-bond acceptors (Lipinski definition) is 8. The summed E-state index contributed by atoms with van der Waals surface area (Å²) in [7, 11) is 0. The molecule has 0 saturated heterocycles. The van der Waals surface area contributed by atoms with Gasteiger partial charge in [-0.15, -0.1) is 0 Å². The SMILES string of the molecule is O=C(CCNCCc1cc(F)cc(F)c1)N(CCNCCc1ccc(O)c2[nH]c(=O)sc12)C1CCCCC1.O=C(O)C(F)(F)F.O=C(O)C(F)(F)F. The Hall–Kier alpha value is -4.30. The van der Waals surface area contributed by atoms with Crippen LogP contribution < -0.4 is 15.5 Å². The normalized spacial score (nSPS) is 13.5. The van der Waals surface area contributed by atoms with Crippen LogP contribution in [0.5, 0.6) is 5.75 Å². The number of thiazole rings is 1. The number of phenols is 1. The minimum absolute atomic E-state index is 0.0778. The Morgan fingerprint density at radius 3 is 1.92 bits per heavy atom. The highest BCUT2D eigenvalue weighted by Gasteiger charge is 2.39. The van der Waals surface area contributed by atoms with Crippen LogP contribution in [0.1, 0.15) is 49.7 Å². The molecule has 1 saturated carbocycles. The van der Waals surface area contributed by atoms with Gasteiger partial charge < -0.3 is 35.8 Å². The minimum atomic E-state index is -5.08. The van der Waals surface area contributed by atoms with Crippen LogP contribution in [0.15, 0.2) is 35.1 Å². The molecule has 6 N–H and O–H groups in total. The van der Waals surface area contributed by atoms with Crippen LogP contribution >= 0.6 is 11.3 Å². The number of amides is 1. The lowest BCUT2D eigenvalue weighted by molar-refractivity contribution is -0.193. The van der Waals surface area contributed by atoms with Crippen LogP contribution in [0.3, 0.4) is 0 Å². The van der Waals surface area contributed by atoms with Gasteiger partial charge in [0.15, 0.2) is 0 Å². The van der Waals surface area contributed by atoms with Crippen molar-refractivity contribution in [2.75, 3.05) is 32.7 Å². The van der Waals surface area contributed by atoms with Gasteiger partial charge in [0.1, 0.15) is 22.9 Å². The number of nitrogens with zero attached hydrogens (tertiary/aromatic N) is 1. The summed E-state index contributed by atoms with van der Waals surface area (Å²) in [5, 5.41) is 30.9. The number of rotatable bonds is 13. The maximum atomic E-state index is 13.4. The van der Waals surface area contributed by atoms with Crippen molar-refractivity contribution in [3.8, 4) is 5.75 Å². The van der Waals surface area contributed by atoms with Crippen LogP contribution in [0.25, 0.3) is 10.2 Å². The largest absolute Gasteiger partial charge is 0.506 e. The molecule has 20 heteroatoms. The van der Waals surface area contributed by atoms with E-state index >= 15 is 0 Å². The molecule has 1 aromatic heterocycles. The van der Waals surface area contributed by atoms with Gasteiger partial charge in [-0.25, -0.2) is 18.4 Å². The Balaban J connectivity index is 0.000000564. The maximum absolute atomic E-state index is 13.4. The number of aliphatic carboxylic acids is 2. The highest BCUT2D eigenvalue weighted by atomic mass is 32.1. The zero-order chi connectivity index (χ0) is 39.1. The Morgan fingerprint density at radius 1 is 0.827 bits per heavy atom.